The summed E-state index contributed by atoms with van der Waals surface area (Å²) in [5, 5.41) is 0. The van der Waals surface area contributed by atoms with E-state index in [4.69, 9.17) is 4.74 Å². The highest BCUT2D eigenvalue weighted by Crippen LogP contribution is 2.47. The van der Waals surface area contributed by atoms with Crippen molar-refractivity contribution < 1.29 is 23.9 Å². The quantitative estimate of drug-likeness (QED) is 0.604. The maximum atomic E-state index is 13.4. The molecule has 0 aromatic heterocycles. The first-order valence-electron chi connectivity index (χ1n) is 10.0. The average Bonchev–Trinajstić information content (AvgIpc) is 3.21. The molecule has 0 bridgehead atoms. The Bertz CT molecular complexity index is 1130. The minimum Gasteiger partial charge on any atom is -0.496 e. The summed E-state index contributed by atoms with van der Waals surface area (Å²) in [6.07, 6.45) is 0. The fourth-order valence-corrected chi connectivity index (χ4v) is 4.88. The highest BCUT2D eigenvalue weighted by Gasteiger charge is 2.53. The van der Waals surface area contributed by atoms with E-state index >= 15 is 0 Å². The molecule has 5 nitrogen and oxygen atoms in total. The molecule has 0 atom stereocenters. The van der Waals surface area contributed by atoms with Gasteiger partial charge in [0.1, 0.15) is 5.75 Å². The molecule has 2 aliphatic rings. The monoisotopic (exact) mass is 410 g/mol. The summed E-state index contributed by atoms with van der Waals surface area (Å²) in [7, 11) is 1.48. The zero-order valence-electron chi connectivity index (χ0n) is 16.7. The Morgan fingerprint density at radius 1 is 0.581 bits per heavy atom. The van der Waals surface area contributed by atoms with Crippen molar-refractivity contribution in [2.24, 2.45) is 11.8 Å². The van der Waals surface area contributed by atoms with Crippen molar-refractivity contribution in [2.75, 3.05) is 7.11 Å². The topological polar surface area (TPSA) is 77.5 Å². The van der Waals surface area contributed by atoms with E-state index < -0.39 is 17.8 Å². The molecule has 2 aliphatic carbocycles. The summed E-state index contributed by atoms with van der Waals surface area (Å²) >= 11 is 0. The molecule has 31 heavy (non-hydrogen) atoms. The molecule has 0 saturated carbocycles. The normalized spacial score (nSPS) is 16.2. The van der Waals surface area contributed by atoms with Gasteiger partial charge in [0.2, 0.25) is 0 Å². The Hall–Kier alpha value is -3.86. The van der Waals surface area contributed by atoms with Gasteiger partial charge in [-0.3, -0.25) is 19.2 Å². The predicted molar refractivity (Wildman–Crippen MR) is 113 cm³/mol. The molecule has 0 amide bonds. The van der Waals surface area contributed by atoms with E-state index in [9.17, 15) is 19.2 Å². The van der Waals surface area contributed by atoms with Gasteiger partial charge in [0, 0.05) is 28.2 Å². The first-order chi connectivity index (χ1) is 15.0. The summed E-state index contributed by atoms with van der Waals surface area (Å²) < 4.78 is 5.50. The van der Waals surface area contributed by atoms with Gasteiger partial charge >= 0.3 is 0 Å². The summed E-state index contributed by atoms with van der Waals surface area (Å²) in [4.78, 5) is 53.5. The Kier molecular flexibility index (Phi) is 4.40. The van der Waals surface area contributed by atoms with Crippen molar-refractivity contribution in [3.63, 3.8) is 0 Å². The molecule has 0 unspecified atom stereocenters. The molecule has 5 rings (SSSR count). The summed E-state index contributed by atoms with van der Waals surface area (Å²) in [5.41, 5.74) is 1.81. The lowest BCUT2D eigenvalue weighted by Crippen LogP contribution is -2.35. The van der Waals surface area contributed by atoms with Gasteiger partial charge in [-0.25, -0.2) is 0 Å². The fourth-order valence-electron chi connectivity index (χ4n) is 4.88. The zero-order valence-corrected chi connectivity index (χ0v) is 16.7. The maximum Gasteiger partial charge on any atom is 0.175 e. The smallest absolute Gasteiger partial charge is 0.175 e. The third kappa shape index (κ3) is 2.70. The molecule has 3 aromatic rings. The van der Waals surface area contributed by atoms with E-state index in [1.807, 2.05) is 0 Å². The van der Waals surface area contributed by atoms with Crippen molar-refractivity contribution in [1.29, 1.82) is 0 Å². The third-order valence-electron chi connectivity index (χ3n) is 6.26. The Morgan fingerprint density at radius 3 is 1.32 bits per heavy atom. The van der Waals surface area contributed by atoms with Crippen LogP contribution in [0.5, 0.6) is 5.75 Å². The molecule has 0 aliphatic heterocycles. The molecule has 0 N–H and O–H groups in total. The Labute approximate surface area is 178 Å². The lowest BCUT2D eigenvalue weighted by atomic mass is 9.72. The number of hydrogen-bond acceptors (Lipinski definition) is 5. The van der Waals surface area contributed by atoms with E-state index in [2.05, 4.69) is 0 Å². The van der Waals surface area contributed by atoms with E-state index in [0.717, 1.165) is 0 Å². The van der Waals surface area contributed by atoms with Crippen LogP contribution < -0.4 is 4.74 Å². The van der Waals surface area contributed by atoms with Crippen LogP contribution in [0.25, 0.3) is 0 Å². The average molecular weight is 410 g/mol. The van der Waals surface area contributed by atoms with Gasteiger partial charge in [0.25, 0.3) is 0 Å². The van der Waals surface area contributed by atoms with Gasteiger partial charge in [-0.05, 0) is 11.6 Å². The second-order valence-corrected chi connectivity index (χ2v) is 7.77. The number of fused-ring (bicyclic) bond motifs is 2. The number of hydrogen-bond donors (Lipinski definition) is 0. The van der Waals surface area contributed by atoms with Crippen LogP contribution in [0.1, 0.15) is 52.9 Å². The minimum atomic E-state index is -1.17. The van der Waals surface area contributed by atoms with Crippen molar-refractivity contribution in [2.45, 2.75) is 5.92 Å². The fraction of sp³-hybridized carbons (Fsp3) is 0.154. The van der Waals surface area contributed by atoms with Crippen LogP contribution >= 0.6 is 0 Å². The number of Topliss-reactive ketones (excluding diaryl/α,β-unsaturated/α-hetero) is 4. The van der Waals surface area contributed by atoms with Crippen molar-refractivity contribution in [3.8, 4) is 5.75 Å². The first kappa shape index (κ1) is 19.1. The highest BCUT2D eigenvalue weighted by atomic mass is 16.5. The molecule has 5 heteroatoms. The number of para-hydroxylation sites is 1. The molecule has 0 saturated heterocycles. The lowest BCUT2D eigenvalue weighted by molar-refractivity contribution is 0.0727. The van der Waals surface area contributed by atoms with Crippen LogP contribution in [0.2, 0.25) is 0 Å². The number of benzene rings is 3. The predicted octanol–water partition coefficient (Wildman–Crippen LogP) is 4.17. The molecule has 0 spiro atoms. The van der Waals surface area contributed by atoms with E-state index in [1.165, 1.54) is 7.11 Å². The van der Waals surface area contributed by atoms with Crippen LogP contribution in [0.15, 0.2) is 72.8 Å². The van der Waals surface area contributed by atoms with E-state index in [-0.39, 0.29) is 23.1 Å². The van der Waals surface area contributed by atoms with Gasteiger partial charge in [0.15, 0.2) is 23.1 Å². The van der Waals surface area contributed by atoms with Crippen LogP contribution in [-0.4, -0.2) is 30.2 Å². The van der Waals surface area contributed by atoms with Crippen LogP contribution in [0, 0.1) is 11.8 Å². The molecule has 0 heterocycles. The second-order valence-electron chi connectivity index (χ2n) is 7.77. The van der Waals surface area contributed by atoms with Crippen LogP contribution in [-0.2, 0) is 0 Å². The SMILES string of the molecule is COc1ccccc1C(C1C(=O)c2ccccc2C1=O)C1C(=O)c2ccccc2C1=O. The molecule has 0 fully saturated rings. The molecule has 0 radical (unpaired) electrons. The largest absolute Gasteiger partial charge is 0.496 e. The van der Waals surface area contributed by atoms with Gasteiger partial charge in [-0.1, -0.05) is 66.7 Å². The van der Waals surface area contributed by atoms with Gasteiger partial charge in [0.05, 0.1) is 18.9 Å². The summed E-state index contributed by atoms with van der Waals surface area (Å²) in [6, 6.07) is 20.2. The zero-order chi connectivity index (χ0) is 21.7. The van der Waals surface area contributed by atoms with Gasteiger partial charge in [-0.15, -0.1) is 0 Å². The third-order valence-corrected chi connectivity index (χ3v) is 6.26. The number of ether oxygens (including phenoxy) is 1. The number of ketones is 4. The number of methoxy groups -OCH3 is 1. The van der Waals surface area contributed by atoms with Crippen molar-refractivity contribution in [1.82, 2.24) is 0 Å². The first-order valence-corrected chi connectivity index (χ1v) is 10.0. The van der Waals surface area contributed by atoms with Crippen LogP contribution in [0.3, 0.4) is 0 Å². The van der Waals surface area contributed by atoms with E-state index in [1.54, 1.807) is 72.8 Å². The van der Waals surface area contributed by atoms with E-state index in [0.29, 0.717) is 33.6 Å². The Morgan fingerprint density at radius 2 is 0.935 bits per heavy atom. The molecular weight excluding hydrogens is 392 g/mol. The molecular formula is C26H18O5. The Balaban J connectivity index is 1.72. The van der Waals surface area contributed by atoms with Gasteiger partial charge in [-0.2, -0.15) is 0 Å². The van der Waals surface area contributed by atoms with Crippen LogP contribution in [0.4, 0.5) is 0 Å². The number of carbonyl (C=O) groups is 4. The van der Waals surface area contributed by atoms with Crippen molar-refractivity contribution >= 4 is 23.1 Å². The lowest BCUT2D eigenvalue weighted by Gasteiger charge is -2.27. The number of rotatable bonds is 4. The summed E-state index contributed by atoms with van der Waals surface area (Å²) in [5.74, 6) is -4.33. The second kappa shape index (κ2) is 7.13. The standard InChI is InChI=1S/C26H18O5/c1-31-19-13-7-6-12-18(19)20(21-23(27)14-8-2-3-9-15(14)24(21)28)22-25(29)16-10-4-5-11-17(16)26(22)30/h2-13,20-22H,1H3. The maximum absolute atomic E-state index is 13.4. The molecule has 3 aromatic carbocycles. The van der Waals surface area contributed by atoms with Gasteiger partial charge < -0.3 is 4.74 Å². The summed E-state index contributed by atoms with van der Waals surface area (Å²) in [6.45, 7) is 0. The molecule has 152 valence electrons. The number of carbonyl (C=O) groups excluding carboxylic acids is 4. The van der Waals surface area contributed by atoms with Crippen molar-refractivity contribution in [3.05, 3.63) is 101 Å². The highest BCUT2D eigenvalue weighted by molar-refractivity contribution is 6.30. The minimum absolute atomic E-state index is 0.327.